The predicted octanol–water partition coefficient (Wildman–Crippen LogP) is 1.67. The maximum absolute atomic E-state index is 11.6. The van der Waals surface area contributed by atoms with E-state index < -0.39 is 0 Å². The molecule has 0 unspecified atom stereocenters. The molecule has 0 fully saturated rings. The number of nitrogens with zero attached hydrogens (tertiary/aromatic N) is 2. The number of hydrogen-bond donors (Lipinski definition) is 0. The fraction of sp³-hybridized carbons (Fsp3) is 0.154. The molecular formula is C13H10N2O3. The van der Waals surface area contributed by atoms with Crippen molar-refractivity contribution >= 4 is 17.9 Å². The van der Waals surface area contributed by atoms with Crippen LogP contribution in [-0.4, -0.2) is 24.2 Å². The Morgan fingerprint density at radius 3 is 3.00 bits per heavy atom. The van der Waals surface area contributed by atoms with Crippen LogP contribution < -0.4 is 4.90 Å². The van der Waals surface area contributed by atoms with Crippen molar-refractivity contribution in [2.75, 3.05) is 11.9 Å². The zero-order valence-electron chi connectivity index (χ0n) is 9.71. The van der Waals surface area contributed by atoms with E-state index in [2.05, 4.69) is 4.98 Å². The Labute approximate surface area is 103 Å². The van der Waals surface area contributed by atoms with Gasteiger partial charge in [0.2, 0.25) is 12.2 Å². The second-order valence-electron chi connectivity index (χ2n) is 4.16. The molecule has 5 heteroatoms. The van der Waals surface area contributed by atoms with Crippen molar-refractivity contribution in [2.24, 2.45) is 0 Å². The van der Waals surface area contributed by atoms with Crippen molar-refractivity contribution in [1.29, 1.82) is 0 Å². The summed E-state index contributed by atoms with van der Waals surface area (Å²) in [6.07, 6.45) is 2.40. The van der Waals surface area contributed by atoms with E-state index >= 15 is 0 Å². The molecule has 2 heterocycles. The highest BCUT2D eigenvalue weighted by molar-refractivity contribution is 6.01. The lowest BCUT2D eigenvalue weighted by atomic mass is 10.1. The summed E-state index contributed by atoms with van der Waals surface area (Å²) in [4.78, 5) is 27.8. The number of benzene rings is 1. The third-order valence-corrected chi connectivity index (χ3v) is 3.08. The monoisotopic (exact) mass is 242 g/mol. The van der Waals surface area contributed by atoms with Crippen LogP contribution in [0.25, 0.3) is 11.3 Å². The van der Waals surface area contributed by atoms with Crippen molar-refractivity contribution in [3.8, 4) is 11.3 Å². The minimum atomic E-state index is 0.0543. The lowest BCUT2D eigenvalue weighted by Gasteiger charge is -2.09. The minimum Gasteiger partial charge on any atom is -0.442 e. The molecule has 3 rings (SSSR count). The van der Waals surface area contributed by atoms with Crippen molar-refractivity contribution in [3.05, 3.63) is 35.9 Å². The summed E-state index contributed by atoms with van der Waals surface area (Å²) in [6.45, 7) is 0. The van der Waals surface area contributed by atoms with Crippen molar-refractivity contribution < 1.29 is 14.0 Å². The third-order valence-electron chi connectivity index (χ3n) is 3.08. The Morgan fingerprint density at radius 1 is 1.44 bits per heavy atom. The summed E-state index contributed by atoms with van der Waals surface area (Å²) in [7, 11) is 1.76. The van der Waals surface area contributed by atoms with Crippen LogP contribution in [0.5, 0.6) is 0 Å². The van der Waals surface area contributed by atoms with Gasteiger partial charge in [-0.3, -0.25) is 9.59 Å². The Balaban J connectivity index is 2.03. The normalized spacial score (nSPS) is 13.8. The second-order valence-corrected chi connectivity index (χ2v) is 4.16. The predicted molar refractivity (Wildman–Crippen MR) is 64.4 cm³/mol. The van der Waals surface area contributed by atoms with E-state index in [1.54, 1.807) is 11.9 Å². The topological polar surface area (TPSA) is 63.4 Å². The molecule has 0 N–H and O–H groups in total. The molecule has 1 aliphatic rings. The number of carbonyl (C=O) groups excluding carboxylic acids is 2. The van der Waals surface area contributed by atoms with Gasteiger partial charge < -0.3 is 9.32 Å². The number of hydrogen-bond acceptors (Lipinski definition) is 4. The van der Waals surface area contributed by atoms with E-state index in [1.165, 1.54) is 6.26 Å². The highest BCUT2D eigenvalue weighted by Gasteiger charge is 2.24. The van der Waals surface area contributed by atoms with Gasteiger partial charge in [-0.2, -0.15) is 0 Å². The smallest absolute Gasteiger partial charge is 0.260 e. The van der Waals surface area contributed by atoms with E-state index in [0.29, 0.717) is 18.4 Å². The number of amides is 1. The first-order chi connectivity index (χ1) is 8.69. The van der Waals surface area contributed by atoms with Gasteiger partial charge in [0, 0.05) is 18.3 Å². The highest BCUT2D eigenvalue weighted by Crippen LogP contribution is 2.31. The number of carbonyl (C=O) groups is 2. The fourth-order valence-corrected chi connectivity index (χ4v) is 2.10. The number of fused-ring (bicyclic) bond motifs is 1. The molecule has 0 atom stereocenters. The Morgan fingerprint density at radius 2 is 2.28 bits per heavy atom. The molecular weight excluding hydrogens is 232 g/mol. The largest absolute Gasteiger partial charge is 0.442 e. The summed E-state index contributed by atoms with van der Waals surface area (Å²) in [5.41, 5.74) is 3.33. The number of likely N-dealkylation sites (N-methyl/N-ethyl adjacent to an activating group) is 1. The lowest BCUT2D eigenvalue weighted by Crippen LogP contribution is -2.20. The molecule has 90 valence electrons. The zero-order chi connectivity index (χ0) is 12.7. The van der Waals surface area contributed by atoms with Crippen LogP contribution in [0.2, 0.25) is 0 Å². The van der Waals surface area contributed by atoms with Gasteiger partial charge in [-0.15, -0.1) is 0 Å². The van der Waals surface area contributed by atoms with Crippen LogP contribution in [-0.2, 0) is 11.2 Å². The van der Waals surface area contributed by atoms with E-state index in [1.807, 2.05) is 18.2 Å². The molecule has 0 aliphatic carbocycles. The second kappa shape index (κ2) is 3.80. The quantitative estimate of drug-likeness (QED) is 0.751. The van der Waals surface area contributed by atoms with Crippen LogP contribution in [0.15, 0.2) is 28.9 Å². The molecule has 0 bridgehead atoms. The fourth-order valence-electron chi connectivity index (χ4n) is 2.10. The van der Waals surface area contributed by atoms with Crippen LogP contribution in [0, 0.1) is 0 Å². The number of anilines is 1. The van der Waals surface area contributed by atoms with Gasteiger partial charge in [-0.1, -0.05) is 6.07 Å². The summed E-state index contributed by atoms with van der Waals surface area (Å²) in [5, 5.41) is 0. The maximum atomic E-state index is 11.6. The van der Waals surface area contributed by atoms with Gasteiger partial charge in [0.05, 0.1) is 6.42 Å². The number of aldehydes is 1. The van der Waals surface area contributed by atoms with Crippen molar-refractivity contribution in [2.45, 2.75) is 6.42 Å². The standard InChI is InChI=1S/C13H10N2O3/c1-15-11-3-2-8(4-9(11)5-13(15)17)10-7-18-12(6-16)14-10/h2-4,6-7H,5H2,1H3. The van der Waals surface area contributed by atoms with Crippen LogP contribution in [0.1, 0.15) is 16.2 Å². The average Bonchev–Trinajstić information content (AvgIpc) is 2.95. The van der Waals surface area contributed by atoms with Crippen LogP contribution in [0.4, 0.5) is 5.69 Å². The first kappa shape index (κ1) is 10.7. The molecule has 1 aromatic carbocycles. The Hall–Kier alpha value is -2.43. The highest BCUT2D eigenvalue weighted by atomic mass is 16.3. The van der Waals surface area contributed by atoms with E-state index in [9.17, 15) is 9.59 Å². The van der Waals surface area contributed by atoms with E-state index in [0.717, 1.165) is 16.8 Å². The molecule has 1 aromatic heterocycles. The van der Waals surface area contributed by atoms with Gasteiger partial charge in [-0.05, 0) is 17.7 Å². The maximum Gasteiger partial charge on any atom is 0.260 e. The summed E-state index contributed by atoms with van der Waals surface area (Å²) in [6, 6.07) is 5.65. The van der Waals surface area contributed by atoms with Crippen LogP contribution >= 0.6 is 0 Å². The van der Waals surface area contributed by atoms with Gasteiger partial charge in [0.1, 0.15) is 12.0 Å². The Kier molecular flexibility index (Phi) is 2.26. The van der Waals surface area contributed by atoms with Crippen molar-refractivity contribution in [3.63, 3.8) is 0 Å². The average molecular weight is 242 g/mol. The molecule has 0 saturated carbocycles. The summed E-state index contributed by atoms with van der Waals surface area (Å²) in [5.74, 6) is 0.134. The molecule has 18 heavy (non-hydrogen) atoms. The SMILES string of the molecule is CN1C(=O)Cc2cc(-c3coc(C=O)n3)ccc21. The lowest BCUT2D eigenvalue weighted by molar-refractivity contribution is -0.117. The molecule has 0 saturated heterocycles. The molecule has 0 radical (unpaired) electrons. The Bertz CT molecular complexity index is 645. The summed E-state index contributed by atoms with van der Waals surface area (Å²) >= 11 is 0. The number of rotatable bonds is 2. The van der Waals surface area contributed by atoms with Crippen molar-refractivity contribution in [1.82, 2.24) is 4.98 Å². The van der Waals surface area contributed by atoms with Gasteiger partial charge in [0.15, 0.2) is 0 Å². The molecule has 1 amide bonds. The van der Waals surface area contributed by atoms with E-state index in [4.69, 9.17) is 4.42 Å². The minimum absolute atomic E-state index is 0.0543. The number of aromatic nitrogens is 1. The zero-order valence-corrected chi connectivity index (χ0v) is 9.71. The molecule has 1 aliphatic heterocycles. The molecule has 0 spiro atoms. The van der Waals surface area contributed by atoms with Crippen LogP contribution in [0.3, 0.4) is 0 Å². The van der Waals surface area contributed by atoms with Gasteiger partial charge in [-0.25, -0.2) is 4.98 Å². The number of oxazole rings is 1. The molecule has 5 nitrogen and oxygen atoms in total. The summed E-state index contributed by atoms with van der Waals surface area (Å²) < 4.78 is 4.97. The first-order valence-electron chi connectivity index (χ1n) is 5.49. The van der Waals surface area contributed by atoms with E-state index in [-0.39, 0.29) is 11.8 Å². The molecule has 2 aromatic rings. The van der Waals surface area contributed by atoms with Gasteiger partial charge in [0.25, 0.3) is 5.89 Å². The van der Waals surface area contributed by atoms with Gasteiger partial charge >= 0.3 is 0 Å². The first-order valence-corrected chi connectivity index (χ1v) is 5.49. The third kappa shape index (κ3) is 1.52.